The van der Waals surface area contributed by atoms with Gasteiger partial charge < -0.3 is 46.9 Å². The van der Waals surface area contributed by atoms with Crippen LogP contribution in [0.5, 0.6) is 0 Å². The van der Waals surface area contributed by atoms with Crippen molar-refractivity contribution < 1.29 is 24.2 Å². The van der Waals surface area contributed by atoms with Crippen molar-refractivity contribution in [3.05, 3.63) is 12.0 Å². The molecular formula is C23H48N8O5. The van der Waals surface area contributed by atoms with Crippen LogP contribution in [0, 0.1) is 0 Å². The van der Waals surface area contributed by atoms with Gasteiger partial charge in [-0.3, -0.25) is 19.4 Å². The Bertz CT molecular complexity index is 625. The first-order valence-electron chi connectivity index (χ1n) is 12.8. The first-order valence-corrected chi connectivity index (χ1v) is 12.8. The van der Waals surface area contributed by atoms with Crippen molar-refractivity contribution in [3.8, 4) is 0 Å². The Kier molecular flexibility index (Phi) is 19.0. The normalized spacial score (nSPS) is 15.7. The summed E-state index contributed by atoms with van der Waals surface area (Å²) >= 11 is 0. The maximum atomic E-state index is 12.7. The SMILES string of the molecule is CNCCN(CCNCCNCCN)CCNC1C=C(O)N(CCC(=O)NCCOCCOC)C1=O. The van der Waals surface area contributed by atoms with Crippen LogP contribution in [0.3, 0.4) is 0 Å². The number of rotatable bonds is 24. The Labute approximate surface area is 215 Å². The minimum atomic E-state index is -0.597. The van der Waals surface area contributed by atoms with E-state index in [0.717, 1.165) is 52.4 Å². The smallest absolute Gasteiger partial charge is 0.250 e. The van der Waals surface area contributed by atoms with E-state index in [-0.39, 0.29) is 30.7 Å². The van der Waals surface area contributed by atoms with Gasteiger partial charge in [-0.05, 0) is 7.05 Å². The lowest BCUT2D eigenvalue weighted by Gasteiger charge is -2.23. The van der Waals surface area contributed by atoms with Crippen molar-refractivity contribution in [2.75, 3.05) is 113 Å². The zero-order chi connectivity index (χ0) is 26.4. The number of nitrogens with one attached hydrogen (secondary N) is 5. The zero-order valence-electron chi connectivity index (χ0n) is 22.0. The second-order valence-corrected chi connectivity index (χ2v) is 8.39. The summed E-state index contributed by atoms with van der Waals surface area (Å²) in [6.07, 6.45) is 1.60. The second-order valence-electron chi connectivity index (χ2n) is 8.39. The molecule has 210 valence electrons. The highest BCUT2D eigenvalue weighted by molar-refractivity contribution is 5.88. The third-order valence-electron chi connectivity index (χ3n) is 5.56. The lowest BCUT2D eigenvalue weighted by Crippen LogP contribution is -2.45. The molecule has 1 heterocycles. The van der Waals surface area contributed by atoms with E-state index < -0.39 is 6.04 Å². The summed E-state index contributed by atoms with van der Waals surface area (Å²) in [6, 6.07) is -0.597. The summed E-state index contributed by atoms with van der Waals surface area (Å²) in [5.74, 6) is -0.574. The predicted octanol–water partition coefficient (Wildman–Crippen LogP) is -2.99. The van der Waals surface area contributed by atoms with E-state index in [1.807, 2.05) is 7.05 Å². The van der Waals surface area contributed by atoms with Gasteiger partial charge in [-0.25, -0.2) is 0 Å². The average Bonchev–Trinajstić information content (AvgIpc) is 3.14. The lowest BCUT2D eigenvalue weighted by molar-refractivity contribution is -0.130. The third kappa shape index (κ3) is 14.7. The summed E-state index contributed by atoms with van der Waals surface area (Å²) in [7, 11) is 3.52. The number of carbonyl (C=O) groups excluding carboxylic acids is 2. The molecule has 1 aliphatic rings. The molecule has 0 saturated heterocycles. The number of amides is 2. The number of aliphatic hydroxyl groups is 1. The molecule has 0 aromatic heterocycles. The average molecular weight is 517 g/mol. The number of ether oxygens (including phenoxy) is 2. The van der Waals surface area contributed by atoms with Gasteiger partial charge in [0, 0.05) is 98.1 Å². The molecule has 0 radical (unpaired) electrons. The van der Waals surface area contributed by atoms with Gasteiger partial charge in [-0.1, -0.05) is 0 Å². The molecule has 1 atom stereocenters. The largest absolute Gasteiger partial charge is 0.495 e. The van der Waals surface area contributed by atoms with Crippen LogP contribution in [-0.4, -0.2) is 145 Å². The molecular weight excluding hydrogens is 468 g/mol. The number of likely N-dealkylation sites (N-methyl/N-ethyl adjacent to an activating group) is 1. The fourth-order valence-electron chi connectivity index (χ4n) is 3.52. The molecule has 13 heteroatoms. The highest BCUT2D eigenvalue weighted by atomic mass is 16.5. The summed E-state index contributed by atoms with van der Waals surface area (Å²) in [5.41, 5.74) is 5.46. The molecule has 1 rings (SSSR count). The van der Waals surface area contributed by atoms with Crippen LogP contribution in [0.4, 0.5) is 0 Å². The molecule has 1 aliphatic heterocycles. The van der Waals surface area contributed by atoms with E-state index in [1.54, 1.807) is 7.11 Å². The maximum Gasteiger partial charge on any atom is 0.250 e. The summed E-state index contributed by atoms with van der Waals surface area (Å²) in [4.78, 5) is 28.3. The standard InChI is InChI=1S/C23H48N8O5/c1-25-8-13-30(14-9-27-7-6-26-5-4-24)15-10-28-20-19-22(33)31(23(20)34)12-3-21(32)29-11-16-36-18-17-35-2/h19-20,25-28,33H,3-18,24H2,1-2H3,(H,29,32). The van der Waals surface area contributed by atoms with Crippen LogP contribution in [0.15, 0.2) is 12.0 Å². The van der Waals surface area contributed by atoms with Gasteiger partial charge in [0.1, 0.15) is 6.04 Å². The number of aliphatic hydroxyl groups excluding tert-OH is 1. The quantitative estimate of drug-likeness (QED) is 0.0654. The maximum absolute atomic E-state index is 12.7. The van der Waals surface area contributed by atoms with E-state index in [9.17, 15) is 14.7 Å². The number of nitrogens with two attached hydrogens (primary N) is 1. The van der Waals surface area contributed by atoms with Crippen LogP contribution < -0.4 is 32.3 Å². The Morgan fingerprint density at radius 3 is 2.50 bits per heavy atom. The first-order chi connectivity index (χ1) is 17.5. The van der Waals surface area contributed by atoms with Gasteiger partial charge in [-0.15, -0.1) is 0 Å². The van der Waals surface area contributed by atoms with Crippen LogP contribution in [0.1, 0.15) is 6.42 Å². The Hall–Kier alpha value is -1.84. The lowest BCUT2D eigenvalue weighted by atomic mass is 10.3. The van der Waals surface area contributed by atoms with Crippen LogP contribution in [0.25, 0.3) is 0 Å². The van der Waals surface area contributed by atoms with Crippen molar-refractivity contribution in [2.24, 2.45) is 5.73 Å². The van der Waals surface area contributed by atoms with Gasteiger partial charge in [-0.2, -0.15) is 0 Å². The van der Waals surface area contributed by atoms with Crippen molar-refractivity contribution in [3.63, 3.8) is 0 Å². The molecule has 0 fully saturated rings. The molecule has 36 heavy (non-hydrogen) atoms. The highest BCUT2D eigenvalue weighted by Crippen LogP contribution is 2.14. The molecule has 13 nitrogen and oxygen atoms in total. The topological polar surface area (TPSA) is 165 Å². The number of carbonyl (C=O) groups is 2. The highest BCUT2D eigenvalue weighted by Gasteiger charge is 2.32. The fourth-order valence-corrected chi connectivity index (χ4v) is 3.52. The van der Waals surface area contributed by atoms with Crippen LogP contribution in [-0.2, 0) is 19.1 Å². The third-order valence-corrected chi connectivity index (χ3v) is 5.56. The molecule has 2 amide bonds. The summed E-state index contributed by atoms with van der Waals surface area (Å²) in [6.45, 7) is 9.98. The number of methoxy groups -OCH3 is 1. The van der Waals surface area contributed by atoms with Gasteiger partial charge >= 0.3 is 0 Å². The Balaban J connectivity index is 2.28. The number of hydrogen-bond donors (Lipinski definition) is 7. The van der Waals surface area contributed by atoms with Gasteiger partial charge in [0.15, 0.2) is 5.88 Å². The molecule has 0 spiro atoms. The Morgan fingerprint density at radius 2 is 1.78 bits per heavy atom. The molecule has 0 aromatic rings. The van der Waals surface area contributed by atoms with Crippen LogP contribution >= 0.6 is 0 Å². The van der Waals surface area contributed by atoms with Crippen molar-refractivity contribution in [2.45, 2.75) is 12.5 Å². The van der Waals surface area contributed by atoms with E-state index in [1.165, 1.54) is 11.0 Å². The predicted molar refractivity (Wildman–Crippen MR) is 140 cm³/mol. The molecule has 0 bridgehead atoms. The van der Waals surface area contributed by atoms with Crippen LogP contribution in [0.2, 0.25) is 0 Å². The van der Waals surface area contributed by atoms with Crippen molar-refractivity contribution >= 4 is 11.8 Å². The van der Waals surface area contributed by atoms with E-state index in [4.69, 9.17) is 15.2 Å². The summed E-state index contributed by atoms with van der Waals surface area (Å²) in [5, 5.41) is 26.0. The van der Waals surface area contributed by atoms with Crippen molar-refractivity contribution in [1.82, 2.24) is 36.4 Å². The van der Waals surface area contributed by atoms with E-state index in [0.29, 0.717) is 39.5 Å². The van der Waals surface area contributed by atoms with Gasteiger partial charge in [0.25, 0.3) is 5.91 Å². The molecule has 0 aliphatic carbocycles. The van der Waals surface area contributed by atoms with E-state index in [2.05, 4.69) is 31.5 Å². The molecule has 0 saturated carbocycles. The van der Waals surface area contributed by atoms with Crippen molar-refractivity contribution in [1.29, 1.82) is 0 Å². The summed E-state index contributed by atoms with van der Waals surface area (Å²) < 4.78 is 10.2. The fraction of sp³-hybridized carbons (Fsp3) is 0.826. The number of nitrogens with zero attached hydrogens (tertiary/aromatic N) is 2. The monoisotopic (exact) mass is 516 g/mol. The van der Waals surface area contributed by atoms with Gasteiger partial charge in [0.2, 0.25) is 5.91 Å². The minimum Gasteiger partial charge on any atom is -0.495 e. The minimum absolute atomic E-state index is 0.0982. The molecule has 0 aromatic carbocycles. The number of hydrogen-bond acceptors (Lipinski definition) is 11. The van der Waals surface area contributed by atoms with E-state index >= 15 is 0 Å². The molecule has 8 N–H and O–H groups in total. The van der Waals surface area contributed by atoms with Gasteiger partial charge in [0.05, 0.1) is 19.8 Å². The molecule has 1 unspecified atom stereocenters. The first kappa shape index (κ1) is 32.2. The zero-order valence-corrected chi connectivity index (χ0v) is 22.0. The Morgan fingerprint density at radius 1 is 1.06 bits per heavy atom. The second kappa shape index (κ2) is 21.3.